The van der Waals surface area contributed by atoms with E-state index in [9.17, 15) is 4.79 Å². The van der Waals surface area contributed by atoms with Crippen molar-refractivity contribution in [3.63, 3.8) is 0 Å². The highest BCUT2D eigenvalue weighted by molar-refractivity contribution is 7.07. The van der Waals surface area contributed by atoms with Crippen molar-refractivity contribution in [3.05, 3.63) is 16.6 Å². The second kappa shape index (κ2) is 5.23. The molecule has 0 bridgehead atoms. The zero-order valence-electron chi connectivity index (χ0n) is 9.12. The molecule has 3 N–H and O–H groups in total. The number of hydrogen-bond donors (Lipinski definition) is 2. The van der Waals surface area contributed by atoms with E-state index in [2.05, 4.69) is 10.3 Å². The Labute approximate surface area is 93.9 Å². The summed E-state index contributed by atoms with van der Waals surface area (Å²) < 4.78 is 0. The van der Waals surface area contributed by atoms with Gasteiger partial charge in [0.2, 0.25) is 5.91 Å². The molecule has 0 saturated carbocycles. The third-order valence-electron chi connectivity index (χ3n) is 1.83. The molecule has 4 nitrogen and oxygen atoms in total. The fourth-order valence-corrected chi connectivity index (χ4v) is 1.61. The fraction of sp³-hybridized carbons (Fsp3) is 0.600. The van der Waals surface area contributed by atoms with E-state index in [1.165, 1.54) is 0 Å². The maximum atomic E-state index is 11.4. The van der Waals surface area contributed by atoms with E-state index in [-0.39, 0.29) is 11.4 Å². The topological polar surface area (TPSA) is 68.0 Å². The van der Waals surface area contributed by atoms with Gasteiger partial charge in [-0.2, -0.15) is 0 Å². The first-order chi connectivity index (χ1) is 6.97. The van der Waals surface area contributed by atoms with Crippen LogP contribution in [-0.2, 0) is 11.2 Å². The van der Waals surface area contributed by atoms with Crippen molar-refractivity contribution in [1.29, 1.82) is 0 Å². The quantitative estimate of drug-likeness (QED) is 0.786. The van der Waals surface area contributed by atoms with Crippen molar-refractivity contribution in [2.45, 2.75) is 32.2 Å². The predicted molar refractivity (Wildman–Crippen MR) is 61.7 cm³/mol. The van der Waals surface area contributed by atoms with Crippen LogP contribution in [0.3, 0.4) is 0 Å². The molecule has 0 aliphatic rings. The van der Waals surface area contributed by atoms with Gasteiger partial charge in [-0.15, -0.1) is 11.3 Å². The summed E-state index contributed by atoms with van der Waals surface area (Å²) in [7, 11) is 0. The van der Waals surface area contributed by atoms with E-state index < -0.39 is 0 Å². The van der Waals surface area contributed by atoms with Gasteiger partial charge >= 0.3 is 0 Å². The van der Waals surface area contributed by atoms with E-state index in [0.29, 0.717) is 19.4 Å². The Hall–Kier alpha value is -0.940. The molecule has 0 radical (unpaired) electrons. The Balaban J connectivity index is 2.20. The van der Waals surface area contributed by atoms with Crippen LogP contribution in [0.2, 0.25) is 0 Å². The van der Waals surface area contributed by atoms with Crippen molar-refractivity contribution in [3.8, 4) is 0 Å². The predicted octanol–water partition coefficient (Wildman–Crippen LogP) is 0.929. The zero-order valence-corrected chi connectivity index (χ0v) is 9.93. The Morgan fingerprint density at radius 3 is 2.93 bits per heavy atom. The minimum absolute atomic E-state index is 0.0292. The summed E-state index contributed by atoms with van der Waals surface area (Å²) in [5.74, 6) is 0.0292. The second-order valence-electron chi connectivity index (χ2n) is 4.25. The number of rotatable bonds is 5. The van der Waals surface area contributed by atoms with Crippen LogP contribution in [0.15, 0.2) is 10.9 Å². The van der Waals surface area contributed by atoms with Gasteiger partial charge in [0.1, 0.15) is 0 Å². The highest BCUT2D eigenvalue weighted by Gasteiger charge is 2.12. The number of nitrogens with one attached hydrogen (secondary N) is 1. The minimum Gasteiger partial charge on any atom is -0.354 e. The number of carbonyl (C=O) groups excluding carboxylic acids is 1. The molecular formula is C10H17N3OS. The Kier molecular flexibility index (Phi) is 4.23. The van der Waals surface area contributed by atoms with Crippen LogP contribution in [-0.4, -0.2) is 23.0 Å². The zero-order chi connectivity index (χ0) is 11.3. The van der Waals surface area contributed by atoms with Gasteiger partial charge in [-0.3, -0.25) is 4.79 Å². The highest BCUT2D eigenvalue weighted by Crippen LogP contribution is 2.03. The molecule has 0 fully saturated rings. The van der Waals surface area contributed by atoms with Crippen LogP contribution in [0.1, 0.15) is 26.0 Å². The summed E-state index contributed by atoms with van der Waals surface area (Å²) in [5, 5.41) is 4.76. The van der Waals surface area contributed by atoms with Crippen LogP contribution in [0.4, 0.5) is 0 Å². The van der Waals surface area contributed by atoms with Gasteiger partial charge in [0.25, 0.3) is 0 Å². The second-order valence-corrected chi connectivity index (χ2v) is 4.96. The summed E-state index contributed by atoms with van der Waals surface area (Å²) in [6, 6.07) is 0. The van der Waals surface area contributed by atoms with Gasteiger partial charge in [0.05, 0.1) is 11.2 Å². The van der Waals surface area contributed by atoms with Crippen molar-refractivity contribution in [1.82, 2.24) is 10.3 Å². The Morgan fingerprint density at radius 1 is 1.67 bits per heavy atom. The number of amides is 1. The average molecular weight is 227 g/mol. The molecule has 0 aromatic carbocycles. The maximum Gasteiger partial charge on any atom is 0.220 e. The molecule has 1 rings (SSSR count). The molecule has 1 aromatic rings. The van der Waals surface area contributed by atoms with Crippen LogP contribution in [0.5, 0.6) is 0 Å². The first-order valence-electron chi connectivity index (χ1n) is 4.90. The number of aryl methyl sites for hydroxylation is 1. The number of nitrogens with zero attached hydrogens (tertiary/aromatic N) is 1. The van der Waals surface area contributed by atoms with Crippen molar-refractivity contribution < 1.29 is 4.79 Å². The van der Waals surface area contributed by atoms with Gasteiger partial charge in [0.15, 0.2) is 0 Å². The molecule has 0 saturated heterocycles. The third-order valence-corrected chi connectivity index (χ3v) is 2.47. The van der Waals surface area contributed by atoms with Gasteiger partial charge in [0, 0.05) is 23.9 Å². The van der Waals surface area contributed by atoms with Crippen LogP contribution in [0, 0.1) is 0 Å². The van der Waals surface area contributed by atoms with Crippen molar-refractivity contribution >= 4 is 17.2 Å². The molecule has 1 amide bonds. The lowest BCUT2D eigenvalue weighted by atomic mass is 10.1. The summed E-state index contributed by atoms with van der Waals surface area (Å²) >= 11 is 1.55. The Bertz CT molecular complexity index is 303. The first-order valence-corrected chi connectivity index (χ1v) is 5.84. The van der Waals surface area contributed by atoms with E-state index in [4.69, 9.17) is 5.73 Å². The molecule has 84 valence electrons. The van der Waals surface area contributed by atoms with Crippen molar-refractivity contribution in [2.75, 3.05) is 6.54 Å². The van der Waals surface area contributed by atoms with Gasteiger partial charge in [-0.05, 0) is 20.3 Å². The molecular weight excluding hydrogens is 210 g/mol. The summed E-state index contributed by atoms with van der Waals surface area (Å²) in [6.07, 6.45) is 1.17. The molecule has 0 spiro atoms. The standard InChI is InChI=1S/C10H17N3OS/c1-10(2,11)6-12-9(14)4-3-8-5-15-7-13-8/h5,7H,3-4,6,11H2,1-2H3,(H,12,14). The fourth-order valence-electron chi connectivity index (χ4n) is 1.02. The molecule has 0 aliphatic heterocycles. The third kappa shape index (κ3) is 5.49. The molecule has 15 heavy (non-hydrogen) atoms. The van der Waals surface area contributed by atoms with E-state index in [1.54, 1.807) is 16.8 Å². The van der Waals surface area contributed by atoms with Crippen LogP contribution >= 0.6 is 11.3 Å². The van der Waals surface area contributed by atoms with Crippen LogP contribution in [0.25, 0.3) is 0 Å². The monoisotopic (exact) mass is 227 g/mol. The number of aromatic nitrogens is 1. The lowest BCUT2D eigenvalue weighted by molar-refractivity contribution is -0.121. The molecule has 5 heteroatoms. The van der Waals surface area contributed by atoms with E-state index >= 15 is 0 Å². The Morgan fingerprint density at radius 2 is 2.40 bits per heavy atom. The van der Waals surface area contributed by atoms with E-state index in [1.807, 2.05) is 19.2 Å². The summed E-state index contributed by atoms with van der Waals surface area (Å²) in [6.45, 7) is 4.27. The molecule has 1 heterocycles. The number of hydrogen-bond acceptors (Lipinski definition) is 4. The molecule has 0 unspecified atom stereocenters. The van der Waals surface area contributed by atoms with Gasteiger partial charge < -0.3 is 11.1 Å². The number of nitrogens with two attached hydrogens (primary N) is 1. The summed E-state index contributed by atoms with van der Waals surface area (Å²) in [4.78, 5) is 15.5. The van der Waals surface area contributed by atoms with Gasteiger partial charge in [-0.1, -0.05) is 0 Å². The smallest absolute Gasteiger partial charge is 0.220 e. The SMILES string of the molecule is CC(C)(N)CNC(=O)CCc1cscn1. The largest absolute Gasteiger partial charge is 0.354 e. The summed E-state index contributed by atoms with van der Waals surface area (Å²) in [5.41, 5.74) is 8.15. The average Bonchev–Trinajstić information content (AvgIpc) is 2.62. The lowest BCUT2D eigenvalue weighted by Crippen LogP contribution is -2.45. The highest BCUT2D eigenvalue weighted by atomic mass is 32.1. The van der Waals surface area contributed by atoms with Crippen molar-refractivity contribution in [2.24, 2.45) is 5.73 Å². The minimum atomic E-state index is -0.351. The maximum absolute atomic E-state index is 11.4. The molecule has 0 atom stereocenters. The molecule has 1 aromatic heterocycles. The molecule has 0 aliphatic carbocycles. The van der Waals surface area contributed by atoms with E-state index in [0.717, 1.165) is 5.69 Å². The number of carbonyl (C=O) groups is 1. The number of thiazole rings is 1. The lowest BCUT2D eigenvalue weighted by Gasteiger charge is -2.18. The van der Waals surface area contributed by atoms with Gasteiger partial charge in [-0.25, -0.2) is 4.98 Å². The first kappa shape index (κ1) is 12.1. The normalized spacial score (nSPS) is 11.4. The van der Waals surface area contributed by atoms with Crippen LogP contribution < -0.4 is 11.1 Å².